The van der Waals surface area contributed by atoms with Crippen molar-refractivity contribution in [2.45, 2.75) is 138 Å². The fourth-order valence-corrected chi connectivity index (χ4v) is 7.21. The number of ketones is 1. The lowest BCUT2D eigenvalue weighted by Gasteiger charge is -2.43. The van der Waals surface area contributed by atoms with Crippen LogP contribution in [0.3, 0.4) is 0 Å². The van der Waals surface area contributed by atoms with E-state index in [-0.39, 0.29) is 36.0 Å². The Bertz CT molecular complexity index is 1590. The third kappa shape index (κ3) is 14.2. The van der Waals surface area contributed by atoms with E-state index in [9.17, 15) is 30.0 Å². The van der Waals surface area contributed by atoms with Crippen molar-refractivity contribution in [3.05, 3.63) is 112 Å². The van der Waals surface area contributed by atoms with Gasteiger partial charge in [0.2, 0.25) is 0 Å². The minimum absolute atomic E-state index is 0.0752. The van der Waals surface area contributed by atoms with Gasteiger partial charge in [0.05, 0.1) is 17.8 Å². The smallest absolute Gasteiger partial charge is 0.306 e. The van der Waals surface area contributed by atoms with Crippen molar-refractivity contribution >= 4 is 11.8 Å². The molecule has 0 bridgehead atoms. The Balaban J connectivity index is 2.13. The van der Waals surface area contributed by atoms with Crippen molar-refractivity contribution in [1.82, 2.24) is 0 Å². The molecule has 0 saturated heterocycles. The molecule has 4 N–H and O–H groups in total. The SMILES string of the molecule is CCCCCC(=O)OCC(C=C=C1C(C)(C)CC(O)CC1(C)O)=CC=CC(C)=CC=CC=C(C)C=CC=C(C)C(O)=CC(=O)C1(C)CC(O)CC1(C)C. The maximum atomic E-state index is 13.1. The van der Waals surface area contributed by atoms with Gasteiger partial charge in [-0.25, -0.2) is 0 Å². The number of allylic oxidation sites excluding steroid dienone is 14. The monoisotopic (exact) mass is 730 g/mol. The molecule has 4 unspecified atom stereocenters. The summed E-state index contributed by atoms with van der Waals surface area (Å²) >= 11 is 0. The molecule has 0 amide bonds. The van der Waals surface area contributed by atoms with Crippen LogP contribution in [-0.4, -0.2) is 56.6 Å². The number of hydrogen-bond donors (Lipinski definition) is 4. The van der Waals surface area contributed by atoms with Crippen molar-refractivity contribution in [2.24, 2.45) is 16.2 Å². The maximum absolute atomic E-state index is 13.1. The van der Waals surface area contributed by atoms with Crippen LogP contribution in [0, 0.1) is 16.2 Å². The number of carbonyl (C=O) groups excluding carboxylic acids is 2. The van der Waals surface area contributed by atoms with Crippen LogP contribution in [0.25, 0.3) is 0 Å². The first kappa shape index (κ1) is 45.4. The van der Waals surface area contributed by atoms with Gasteiger partial charge >= 0.3 is 5.97 Å². The Morgan fingerprint density at radius 1 is 0.811 bits per heavy atom. The Kier molecular flexibility index (Phi) is 17.2. The molecule has 0 heterocycles. The highest BCUT2D eigenvalue weighted by molar-refractivity contribution is 5.96. The number of ether oxygens (including phenoxy) is 1. The van der Waals surface area contributed by atoms with Crippen LogP contribution in [0.2, 0.25) is 0 Å². The van der Waals surface area contributed by atoms with Gasteiger partial charge in [-0.15, -0.1) is 5.73 Å². The average molecular weight is 731 g/mol. The van der Waals surface area contributed by atoms with Crippen LogP contribution >= 0.6 is 0 Å². The second-order valence-electron chi connectivity index (χ2n) is 16.7. The van der Waals surface area contributed by atoms with Gasteiger partial charge in [-0.2, -0.15) is 0 Å². The minimum atomic E-state index is -1.20. The highest BCUT2D eigenvalue weighted by Crippen LogP contribution is 2.53. The highest BCUT2D eigenvalue weighted by atomic mass is 16.5. The first-order chi connectivity index (χ1) is 24.6. The van der Waals surface area contributed by atoms with Crippen LogP contribution in [0.15, 0.2) is 112 Å². The van der Waals surface area contributed by atoms with Gasteiger partial charge in [-0.3, -0.25) is 9.59 Å². The van der Waals surface area contributed by atoms with Crippen LogP contribution in [0.4, 0.5) is 0 Å². The molecule has 2 rings (SSSR count). The normalized spacial score (nSPS) is 27.2. The second kappa shape index (κ2) is 20.1. The zero-order valence-electron chi connectivity index (χ0n) is 34.0. The molecule has 7 heteroatoms. The molecule has 0 radical (unpaired) electrons. The molecule has 0 aromatic heterocycles. The van der Waals surface area contributed by atoms with Crippen LogP contribution < -0.4 is 0 Å². The van der Waals surface area contributed by atoms with Crippen molar-refractivity contribution in [3.8, 4) is 0 Å². The highest BCUT2D eigenvalue weighted by Gasteiger charge is 2.53. The van der Waals surface area contributed by atoms with Crippen LogP contribution in [0.5, 0.6) is 0 Å². The lowest BCUT2D eigenvalue weighted by molar-refractivity contribution is -0.142. The number of unbranched alkanes of at least 4 members (excludes halogenated alkanes) is 2. The zero-order valence-corrected chi connectivity index (χ0v) is 34.0. The number of carbonyl (C=O) groups is 2. The van der Waals surface area contributed by atoms with Gasteiger partial charge in [0, 0.05) is 29.9 Å². The van der Waals surface area contributed by atoms with E-state index in [0.717, 1.165) is 36.0 Å². The van der Waals surface area contributed by atoms with Gasteiger partial charge in [-0.05, 0) is 81.4 Å². The molecule has 2 fully saturated rings. The number of hydrogen-bond acceptors (Lipinski definition) is 7. The van der Waals surface area contributed by atoms with Gasteiger partial charge < -0.3 is 25.2 Å². The first-order valence-corrected chi connectivity index (χ1v) is 19.0. The molecule has 53 heavy (non-hydrogen) atoms. The molecule has 0 spiro atoms. The molecule has 2 aliphatic rings. The molecule has 4 atom stereocenters. The molecule has 0 aliphatic heterocycles. The van der Waals surface area contributed by atoms with Crippen molar-refractivity contribution < 1.29 is 34.8 Å². The first-order valence-electron chi connectivity index (χ1n) is 19.0. The van der Waals surface area contributed by atoms with Gasteiger partial charge in [0.1, 0.15) is 12.4 Å². The third-order valence-corrected chi connectivity index (χ3v) is 10.7. The molecule has 2 saturated carbocycles. The largest absolute Gasteiger partial charge is 0.508 e. The van der Waals surface area contributed by atoms with E-state index in [1.54, 1.807) is 26.0 Å². The summed E-state index contributed by atoms with van der Waals surface area (Å²) in [7, 11) is 0. The molecule has 7 nitrogen and oxygen atoms in total. The van der Waals surface area contributed by atoms with E-state index >= 15 is 0 Å². The lowest BCUT2D eigenvalue weighted by Crippen LogP contribution is -2.45. The number of aliphatic hydroxyl groups excluding tert-OH is 3. The van der Waals surface area contributed by atoms with E-state index in [4.69, 9.17) is 4.74 Å². The number of aliphatic hydroxyl groups is 4. The summed E-state index contributed by atoms with van der Waals surface area (Å²) in [5.74, 6) is -0.489. The predicted octanol–water partition coefficient (Wildman–Crippen LogP) is 9.76. The topological polar surface area (TPSA) is 124 Å². The van der Waals surface area contributed by atoms with E-state index in [1.165, 1.54) is 6.08 Å². The fraction of sp³-hybridized carbons (Fsp3) is 0.543. The summed E-state index contributed by atoms with van der Waals surface area (Å²) in [4.78, 5) is 25.4. The van der Waals surface area contributed by atoms with E-state index in [0.29, 0.717) is 36.8 Å². The predicted molar refractivity (Wildman–Crippen MR) is 216 cm³/mol. The Morgan fingerprint density at radius 2 is 1.40 bits per heavy atom. The Hall–Kier alpha value is -3.74. The molecular formula is C46H66O7. The summed E-state index contributed by atoms with van der Waals surface area (Å²) in [6, 6.07) is 0. The molecular weight excluding hydrogens is 664 g/mol. The minimum Gasteiger partial charge on any atom is -0.508 e. The molecule has 2 aliphatic carbocycles. The summed E-state index contributed by atoms with van der Waals surface area (Å²) in [5.41, 5.74) is 4.58. The van der Waals surface area contributed by atoms with Gasteiger partial charge in [0.25, 0.3) is 0 Å². The van der Waals surface area contributed by atoms with E-state index in [1.807, 2.05) is 103 Å². The average Bonchev–Trinajstić information content (AvgIpc) is 3.26. The second-order valence-corrected chi connectivity index (χ2v) is 16.7. The van der Waals surface area contributed by atoms with Crippen LogP contribution in [0.1, 0.15) is 121 Å². The Labute approximate surface area is 319 Å². The molecule has 0 aromatic carbocycles. The molecule has 292 valence electrons. The fourth-order valence-electron chi connectivity index (χ4n) is 7.21. The van der Waals surface area contributed by atoms with Crippen molar-refractivity contribution in [2.75, 3.05) is 6.61 Å². The van der Waals surface area contributed by atoms with E-state index in [2.05, 4.69) is 12.7 Å². The summed E-state index contributed by atoms with van der Waals surface area (Å²) in [6.07, 6.45) is 25.9. The summed E-state index contributed by atoms with van der Waals surface area (Å²) in [5, 5.41) is 42.1. The summed E-state index contributed by atoms with van der Waals surface area (Å²) in [6.45, 7) is 19.4. The molecule has 0 aromatic rings. The lowest BCUT2D eigenvalue weighted by atomic mass is 9.65. The van der Waals surface area contributed by atoms with Gasteiger partial charge in [-0.1, -0.05) is 126 Å². The third-order valence-electron chi connectivity index (χ3n) is 10.7. The Morgan fingerprint density at radius 3 is 1.94 bits per heavy atom. The summed E-state index contributed by atoms with van der Waals surface area (Å²) < 4.78 is 5.57. The van der Waals surface area contributed by atoms with Gasteiger partial charge in [0.15, 0.2) is 5.78 Å². The maximum Gasteiger partial charge on any atom is 0.306 e. The number of rotatable bonds is 16. The number of esters is 1. The van der Waals surface area contributed by atoms with Crippen molar-refractivity contribution in [3.63, 3.8) is 0 Å². The zero-order chi connectivity index (χ0) is 40.0. The van der Waals surface area contributed by atoms with E-state index < -0.39 is 28.6 Å². The standard InChI is InChI=1S/C46H66O7/c1-11-12-13-24-42(51)53-32-36(25-26-40-43(5,6)28-37(47)31-46(40,10)52)23-17-21-34(3)19-15-14-18-33(2)20-16-22-35(4)39(49)27-41(50)45(9)30-38(48)29-44(45,7)8/h14-23,25,27,37-38,47-49,52H,11-13,24,28-32H2,1-10H3. The van der Waals surface area contributed by atoms with Crippen LogP contribution in [-0.2, 0) is 14.3 Å². The quantitative estimate of drug-likeness (QED) is 0.0311. The van der Waals surface area contributed by atoms with Crippen molar-refractivity contribution in [1.29, 1.82) is 0 Å².